The molecule has 2 rings (SSSR count). The maximum absolute atomic E-state index is 12.4. The number of hydrogen-bond acceptors (Lipinski definition) is 3. The Bertz CT molecular complexity index is 622. The van der Waals surface area contributed by atoms with E-state index in [1.54, 1.807) is 6.08 Å². The van der Waals surface area contributed by atoms with E-state index in [0.29, 0.717) is 24.8 Å². The molecule has 0 aromatic heterocycles. The molecule has 0 aliphatic rings. The molecule has 126 valence electrons. The van der Waals surface area contributed by atoms with Crippen LogP contribution in [0, 0.1) is 0 Å². The van der Waals surface area contributed by atoms with Crippen molar-refractivity contribution in [1.29, 1.82) is 0 Å². The lowest BCUT2D eigenvalue weighted by Crippen LogP contribution is -2.21. The highest BCUT2D eigenvalue weighted by atomic mass is 16.5. The summed E-state index contributed by atoms with van der Waals surface area (Å²) in [7, 11) is 0. The summed E-state index contributed by atoms with van der Waals surface area (Å²) in [6.45, 7) is 3.80. The molecule has 0 aliphatic heterocycles. The van der Waals surface area contributed by atoms with Gasteiger partial charge in [0.2, 0.25) is 0 Å². The molecule has 0 amide bonds. The summed E-state index contributed by atoms with van der Waals surface area (Å²) in [5, 5.41) is 9.33. The minimum absolute atomic E-state index is 0.0347. The number of ether oxygens (including phenoxy) is 1. The van der Waals surface area contributed by atoms with E-state index in [2.05, 4.69) is 6.58 Å². The fraction of sp³-hybridized carbons (Fsp3) is 0.286. The Labute approximate surface area is 143 Å². The quantitative estimate of drug-likeness (QED) is 0.522. The molecule has 24 heavy (non-hydrogen) atoms. The monoisotopic (exact) mass is 324 g/mol. The maximum atomic E-state index is 12.4. The predicted octanol–water partition coefficient (Wildman–Crippen LogP) is 4.34. The summed E-state index contributed by atoms with van der Waals surface area (Å²) in [4.78, 5) is 12.4. The number of carbonyl (C=O) groups is 1. The Morgan fingerprint density at radius 2 is 1.71 bits per heavy atom. The first-order valence-corrected chi connectivity index (χ1v) is 8.25. The standard InChI is InChI=1S/C21H24O3/c1-2-9-19(16-20(23)17-10-5-3-6-11-17)24-21(14-15-22)18-12-7-4-8-13-18/h2-8,10-13,19,21-22H,1,9,14-16H2/t19?,21-/m1/s1. The Kier molecular flexibility index (Phi) is 7.40. The van der Waals surface area contributed by atoms with E-state index >= 15 is 0 Å². The van der Waals surface area contributed by atoms with Crippen LogP contribution in [0.1, 0.15) is 41.3 Å². The number of hydrogen-bond donors (Lipinski definition) is 1. The molecule has 0 saturated carbocycles. The minimum atomic E-state index is -0.257. The van der Waals surface area contributed by atoms with Gasteiger partial charge in [-0.25, -0.2) is 0 Å². The van der Waals surface area contributed by atoms with Crippen LogP contribution in [0.4, 0.5) is 0 Å². The van der Waals surface area contributed by atoms with Crippen molar-refractivity contribution in [2.75, 3.05) is 6.61 Å². The van der Waals surface area contributed by atoms with Crippen LogP contribution in [0.3, 0.4) is 0 Å². The lowest BCUT2D eigenvalue weighted by Gasteiger charge is -2.24. The van der Waals surface area contributed by atoms with Crippen molar-refractivity contribution in [2.24, 2.45) is 0 Å². The van der Waals surface area contributed by atoms with E-state index in [4.69, 9.17) is 4.74 Å². The smallest absolute Gasteiger partial charge is 0.165 e. The Balaban J connectivity index is 2.08. The normalized spacial score (nSPS) is 13.2. The minimum Gasteiger partial charge on any atom is -0.396 e. The van der Waals surface area contributed by atoms with Crippen LogP contribution in [0.15, 0.2) is 73.3 Å². The molecule has 0 aliphatic carbocycles. The third kappa shape index (κ3) is 5.44. The topological polar surface area (TPSA) is 46.5 Å². The molecule has 0 saturated heterocycles. The molecule has 0 spiro atoms. The average molecular weight is 324 g/mol. The van der Waals surface area contributed by atoms with Crippen LogP contribution >= 0.6 is 0 Å². The SMILES string of the molecule is C=CCC(CC(=O)c1ccccc1)O[C@H](CCO)c1ccccc1. The molecule has 0 bridgehead atoms. The van der Waals surface area contributed by atoms with Crippen LogP contribution in [-0.4, -0.2) is 23.6 Å². The second kappa shape index (κ2) is 9.81. The van der Waals surface area contributed by atoms with Gasteiger partial charge in [-0.2, -0.15) is 0 Å². The maximum Gasteiger partial charge on any atom is 0.165 e. The fourth-order valence-corrected chi connectivity index (χ4v) is 2.65. The second-order valence-electron chi connectivity index (χ2n) is 5.69. The average Bonchev–Trinajstić information content (AvgIpc) is 2.63. The highest BCUT2D eigenvalue weighted by Gasteiger charge is 2.20. The molecule has 2 aromatic carbocycles. The van der Waals surface area contributed by atoms with Crippen LogP contribution < -0.4 is 0 Å². The lowest BCUT2D eigenvalue weighted by atomic mass is 10.0. The molecule has 1 unspecified atom stereocenters. The van der Waals surface area contributed by atoms with Gasteiger partial charge in [0.25, 0.3) is 0 Å². The van der Waals surface area contributed by atoms with Crippen molar-refractivity contribution < 1.29 is 14.6 Å². The molecule has 0 heterocycles. The highest BCUT2D eigenvalue weighted by Crippen LogP contribution is 2.25. The molecule has 3 nitrogen and oxygen atoms in total. The Morgan fingerprint density at radius 1 is 1.08 bits per heavy atom. The van der Waals surface area contributed by atoms with Crippen molar-refractivity contribution >= 4 is 5.78 Å². The Hall–Kier alpha value is -2.23. The van der Waals surface area contributed by atoms with Crippen molar-refractivity contribution in [1.82, 2.24) is 0 Å². The summed E-state index contributed by atoms with van der Waals surface area (Å²) in [5.41, 5.74) is 1.70. The second-order valence-corrected chi connectivity index (χ2v) is 5.69. The highest BCUT2D eigenvalue weighted by molar-refractivity contribution is 5.96. The van der Waals surface area contributed by atoms with Crippen molar-refractivity contribution in [3.8, 4) is 0 Å². The number of Topliss-reactive ketones (excluding diaryl/α,β-unsaturated/α-hetero) is 1. The first-order chi connectivity index (χ1) is 11.7. The largest absolute Gasteiger partial charge is 0.396 e. The summed E-state index contributed by atoms with van der Waals surface area (Å²) in [6.07, 6.45) is 2.66. The van der Waals surface area contributed by atoms with Crippen LogP contribution in [0.2, 0.25) is 0 Å². The summed E-state index contributed by atoms with van der Waals surface area (Å²) >= 11 is 0. The van der Waals surface area contributed by atoms with Gasteiger partial charge in [-0.15, -0.1) is 6.58 Å². The van der Waals surface area contributed by atoms with Gasteiger partial charge in [-0.3, -0.25) is 4.79 Å². The van der Waals surface area contributed by atoms with Gasteiger partial charge in [0.15, 0.2) is 5.78 Å². The van der Waals surface area contributed by atoms with E-state index in [1.807, 2.05) is 60.7 Å². The third-order valence-corrected chi connectivity index (χ3v) is 3.86. The van der Waals surface area contributed by atoms with Crippen LogP contribution in [0.25, 0.3) is 0 Å². The zero-order chi connectivity index (χ0) is 17.2. The van der Waals surface area contributed by atoms with Crippen LogP contribution in [0.5, 0.6) is 0 Å². The van der Waals surface area contributed by atoms with Gasteiger partial charge in [0, 0.05) is 25.0 Å². The van der Waals surface area contributed by atoms with Gasteiger partial charge < -0.3 is 9.84 Å². The van der Waals surface area contributed by atoms with E-state index in [9.17, 15) is 9.90 Å². The molecular weight excluding hydrogens is 300 g/mol. The molecule has 1 N–H and O–H groups in total. The number of benzene rings is 2. The molecule has 2 atom stereocenters. The number of aliphatic hydroxyl groups is 1. The van der Waals surface area contributed by atoms with Crippen LogP contribution in [-0.2, 0) is 4.74 Å². The van der Waals surface area contributed by atoms with Gasteiger partial charge in [0.1, 0.15) is 0 Å². The predicted molar refractivity (Wildman–Crippen MR) is 96.0 cm³/mol. The van der Waals surface area contributed by atoms with E-state index in [-0.39, 0.29) is 24.6 Å². The van der Waals surface area contributed by atoms with Gasteiger partial charge in [-0.05, 0) is 12.0 Å². The van der Waals surface area contributed by atoms with Gasteiger partial charge >= 0.3 is 0 Å². The van der Waals surface area contributed by atoms with Crippen molar-refractivity contribution in [3.63, 3.8) is 0 Å². The Morgan fingerprint density at radius 3 is 2.29 bits per heavy atom. The molecular formula is C21H24O3. The zero-order valence-electron chi connectivity index (χ0n) is 13.8. The van der Waals surface area contributed by atoms with Crippen molar-refractivity contribution in [3.05, 3.63) is 84.4 Å². The van der Waals surface area contributed by atoms with E-state index in [0.717, 1.165) is 5.56 Å². The zero-order valence-corrected chi connectivity index (χ0v) is 13.8. The molecule has 0 fully saturated rings. The summed E-state index contributed by atoms with van der Waals surface area (Å²) in [6, 6.07) is 19.0. The number of aliphatic hydroxyl groups excluding tert-OH is 1. The molecule has 0 radical (unpaired) electrons. The first-order valence-electron chi connectivity index (χ1n) is 8.25. The van der Waals surface area contributed by atoms with Gasteiger partial charge in [-0.1, -0.05) is 66.7 Å². The third-order valence-electron chi connectivity index (χ3n) is 3.86. The fourth-order valence-electron chi connectivity index (χ4n) is 2.65. The van der Waals surface area contributed by atoms with Crippen molar-refractivity contribution in [2.45, 2.75) is 31.5 Å². The number of ketones is 1. The molecule has 2 aromatic rings. The first kappa shape index (κ1) is 18.1. The lowest BCUT2D eigenvalue weighted by molar-refractivity contribution is -0.0239. The summed E-state index contributed by atoms with van der Waals surface area (Å²) < 4.78 is 6.16. The van der Waals surface area contributed by atoms with Gasteiger partial charge in [0.05, 0.1) is 12.2 Å². The summed E-state index contributed by atoms with van der Waals surface area (Å²) in [5.74, 6) is 0.0539. The number of rotatable bonds is 10. The number of carbonyl (C=O) groups excluding carboxylic acids is 1. The van der Waals surface area contributed by atoms with E-state index in [1.165, 1.54) is 0 Å². The van der Waals surface area contributed by atoms with E-state index < -0.39 is 0 Å². The molecule has 3 heteroatoms.